The molecule has 0 fully saturated rings. The number of rotatable bonds is 13. The number of hydrogen-bond acceptors (Lipinski definition) is 3. The third kappa shape index (κ3) is 8.73. The van der Waals surface area contributed by atoms with Gasteiger partial charge in [-0.3, -0.25) is 0 Å². The third-order valence-corrected chi connectivity index (χ3v) is 10.1. The van der Waals surface area contributed by atoms with E-state index in [1.165, 1.54) is 0 Å². The van der Waals surface area contributed by atoms with Gasteiger partial charge < -0.3 is 14.2 Å². The number of halogens is 4. The van der Waals surface area contributed by atoms with Crippen molar-refractivity contribution in [2.75, 3.05) is 13.2 Å². The van der Waals surface area contributed by atoms with Crippen molar-refractivity contribution in [2.45, 2.75) is 65.1 Å². The van der Waals surface area contributed by atoms with Crippen molar-refractivity contribution in [3.8, 4) is 5.75 Å². The van der Waals surface area contributed by atoms with Crippen molar-refractivity contribution < 1.29 is 14.2 Å². The summed E-state index contributed by atoms with van der Waals surface area (Å²) in [6.07, 6.45) is 2.38. The van der Waals surface area contributed by atoms with Gasteiger partial charge in [0.25, 0.3) is 0 Å². The van der Waals surface area contributed by atoms with Gasteiger partial charge in [0.2, 0.25) is 0 Å². The Hall–Kier alpha value is 0.145. The van der Waals surface area contributed by atoms with E-state index in [2.05, 4.69) is 97.3 Å². The first-order valence-corrected chi connectivity index (χ1v) is 13.6. The maximum Gasteiger partial charge on any atom is 0.145 e. The summed E-state index contributed by atoms with van der Waals surface area (Å²) < 4.78 is 21.8. The Morgan fingerprint density at radius 3 is 2.00 bits per heavy atom. The molecule has 0 saturated heterocycles. The lowest BCUT2D eigenvalue weighted by Crippen LogP contribution is -2.29. The molecule has 32 heavy (non-hydrogen) atoms. The second kappa shape index (κ2) is 12.7. The van der Waals surface area contributed by atoms with Crippen molar-refractivity contribution in [1.82, 2.24) is 0 Å². The average molecular weight is 700 g/mol. The molecule has 0 unspecified atom stereocenters. The first-order valence-electron chi connectivity index (χ1n) is 10.4. The van der Waals surface area contributed by atoms with Crippen LogP contribution < -0.4 is 10.2 Å². The Labute approximate surface area is 228 Å². The van der Waals surface area contributed by atoms with Crippen molar-refractivity contribution in [3.05, 3.63) is 54.5 Å². The molecule has 0 radical (unpaired) electrons. The summed E-state index contributed by atoms with van der Waals surface area (Å²) in [5, 5.41) is 0. The second-order valence-electron chi connectivity index (χ2n) is 8.93. The minimum absolute atomic E-state index is 0.265. The van der Waals surface area contributed by atoms with Crippen LogP contribution in [0.3, 0.4) is 0 Å². The summed E-state index contributed by atoms with van der Waals surface area (Å²) in [6, 6.07) is 0. The summed E-state index contributed by atoms with van der Waals surface area (Å²) in [4.78, 5) is 0. The summed E-state index contributed by atoms with van der Waals surface area (Å²) >= 11 is 14.3. The second-order valence-corrected chi connectivity index (χ2v) is 12.1. The van der Waals surface area contributed by atoms with Crippen molar-refractivity contribution in [3.63, 3.8) is 0 Å². The lowest BCUT2D eigenvalue weighted by molar-refractivity contribution is -0.0394. The standard InChI is InChI=1S/C24H33BBr4O3/c1-14(2)16(4)24(7,8)31-12-9-11-23(5,6)30-13-10-15(3)32-22-17(25)18(26)19(27)20(28)21(22)29/h1,3-4,9-13,25H2,2,5-8H3. The first-order chi connectivity index (χ1) is 14.6. The molecule has 0 aliphatic carbocycles. The van der Waals surface area contributed by atoms with E-state index < -0.39 is 5.60 Å². The van der Waals surface area contributed by atoms with Crippen LogP contribution in [0, 0.1) is 0 Å². The Balaban J connectivity index is 2.50. The van der Waals surface area contributed by atoms with Crippen LogP contribution in [0.4, 0.5) is 0 Å². The van der Waals surface area contributed by atoms with E-state index in [1.54, 1.807) is 0 Å². The van der Waals surface area contributed by atoms with Gasteiger partial charge >= 0.3 is 0 Å². The third-order valence-electron chi connectivity index (χ3n) is 5.20. The molecule has 0 saturated carbocycles. The van der Waals surface area contributed by atoms with E-state index in [9.17, 15) is 0 Å². The fourth-order valence-electron chi connectivity index (χ4n) is 2.98. The molecule has 3 nitrogen and oxygen atoms in total. The molecule has 0 bridgehead atoms. The largest absolute Gasteiger partial charge is 0.462 e. The van der Waals surface area contributed by atoms with Gasteiger partial charge in [-0.2, -0.15) is 0 Å². The topological polar surface area (TPSA) is 27.7 Å². The highest BCUT2D eigenvalue weighted by molar-refractivity contribution is 9.15. The molecule has 0 N–H and O–H groups in total. The Morgan fingerprint density at radius 1 is 0.875 bits per heavy atom. The Kier molecular flexibility index (Phi) is 12.0. The molecule has 0 spiro atoms. The van der Waals surface area contributed by atoms with E-state index >= 15 is 0 Å². The first kappa shape index (κ1) is 30.2. The highest BCUT2D eigenvalue weighted by Crippen LogP contribution is 2.41. The molecule has 0 heterocycles. The summed E-state index contributed by atoms with van der Waals surface area (Å²) in [6.45, 7) is 23.5. The van der Waals surface area contributed by atoms with Gasteiger partial charge in [0, 0.05) is 22.0 Å². The quantitative estimate of drug-likeness (QED) is 0.0526. The van der Waals surface area contributed by atoms with E-state index in [0.29, 0.717) is 25.4 Å². The molecule has 0 aliphatic rings. The van der Waals surface area contributed by atoms with Crippen molar-refractivity contribution in [2.24, 2.45) is 0 Å². The summed E-state index contributed by atoms with van der Waals surface area (Å²) in [7, 11) is 1.99. The Bertz CT molecular complexity index is 849. The minimum atomic E-state index is -0.407. The number of ether oxygens (including phenoxy) is 3. The van der Waals surface area contributed by atoms with Crippen LogP contribution in [-0.4, -0.2) is 32.3 Å². The fraction of sp³-hybridized carbons (Fsp3) is 0.500. The van der Waals surface area contributed by atoms with Gasteiger partial charge in [-0.05, 0) is 106 Å². The fourth-order valence-corrected chi connectivity index (χ4v) is 5.34. The van der Waals surface area contributed by atoms with Crippen molar-refractivity contribution in [1.29, 1.82) is 0 Å². The van der Waals surface area contributed by atoms with Crippen LogP contribution >= 0.6 is 63.7 Å². The SMILES string of the molecule is Bc1c(Br)c(Br)c(Br)c(Br)c1OC(=C)CCOC(C)(C)CCCOC(C)(C)C(=C)C(=C)C. The molecule has 1 aromatic rings. The highest BCUT2D eigenvalue weighted by atomic mass is 79.9. The Morgan fingerprint density at radius 2 is 1.44 bits per heavy atom. The highest BCUT2D eigenvalue weighted by Gasteiger charge is 2.24. The predicted molar refractivity (Wildman–Crippen MR) is 153 cm³/mol. The predicted octanol–water partition coefficient (Wildman–Crippen LogP) is 7.78. The van der Waals surface area contributed by atoms with Gasteiger partial charge in [0.15, 0.2) is 0 Å². The lowest BCUT2D eigenvalue weighted by Gasteiger charge is -2.30. The average Bonchev–Trinajstić information content (AvgIpc) is 2.70. The zero-order valence-corrected chi connectivity index (χ0v) is 26.2. The lowest BCUT2D eigenvalue weighted by atomic mass is 9.94. The van der Waals surface area contributed by atoms with Crippen LogP contribution in [0.25, 0.3) is 0 Å². The van der Waals surface area contributed by atoms with Crippen LogP contribution in [-0.2, 0) is 9.47 Å². The zero-order valence-electron chi connectivity index (χ0n) is 19.9. The van der Waals surface area contributed by atoms with Gasteiger partial charge in [-0.1, -0.05) is 41.2 Å². The molecule has 1 aromatic carbocycles. The van der Waals surface area contributed by atoms with Crippen LogP contribution in [0.15, 0.2) is 54.5 Å². The summed E-state index contributed by atoms with van der Waals surface area (Å²) in [5.41, 5.74) is 2.19. The van der Waals surface area contributed by atoms with Gasteiger partial charge in [-0.15, -0.1) is 0 Å². The maximum absolute atomic E-state index is 6.12. The molecule has 1 rings (SSSR count). The van der Waals surface area contributed by atoms with Gasteiger partial charge in [-0.25, -0.2) is 0 Å². The van der Waals surface area contributed by atoms with Gasteiger partial charge in [0.1, 0.15) is 13.6 Å². The van der Waals surface area contributed by atoms with Crippen LogP contribution in [0.5, 0.6) is 5.75 Å². The normalized spacial score (nSPS) is 12.0. The van der Waals surface area contributed by atoms with Crippen LogP contribution in [0.2, 0.25) is 0 Å². The van der Waals surface area contributed by atoms with Crippen molar-refractivity contribution >= 4 is 77.0 Å². The monoisotopic (exact) mass is 696 g/mol. The number of hydrogen-bond donors (Lipinski definition) is 0. The summed E-state index contributed by atoms with van der Waals surface area (Å²) in [5.74, 6) is 1.38. The molecular formula is C24H33BBr4O3. The van der Waals surface area contributed by atoms with Crippen LogP contribution in [0.1, 0.15) is 53.9 Å². The van der Waals surface area contributed by atoms with Gasteiger partial charge in [0.05, 0.1) is 32.5 Å². The molecule has 0 amide bonds. The van der Waals surface area contributed by atoms with E-state index in [0.717, 1.165) is 53.1 Å². The zero-order chi connectivity index (χ0) is 24.9. The van der Waals surface area contributed by atoms with E-state index in [1.807, 2.05) is 28.6 Å². The molecule has 0 atom stereocenters. The van der Waals surface area contributed by atoms with E-state index in [-0.39, 0.29) is 5.60 Å². The minimum Gasteiger partial charge on any atom is -0.462 e. The van der Waals surface area contributed by atoms with E-state index in [4.69, 9.17) is 14.2 Å². The molecular weight excluding hydrogens is 667 g/mol. The molecule has 178 valence electrons. The maximum atomic E-state index is 6.12. The number of benzene rings is 1. The molecule has 0 aromatic heterocycles. The molecule has 0 aliphatic heterocycles. The molecule has 8 heteroatoms. The smallest absolute Gasteiger partial charge is 0.145 e.